The minimum atomic E-state index is -2.75. The van der Waals surface area contributed by atoms with Gasteiger partial charge in [-0.05, 0) is 25.8 Å². The molecule has 0 amide bonds. The molecule has 124 valence electrons. The molecule has 2 saturated heterocycles. The molecule has 1 unspecified atom stereocenters. The summed E-state index contributed by atoms with van der Waals surface area (Å²) in [6.45, 7) is 10.1. The second kappa shape index (κ2) is 7.40. The van der Waals surface area contributed by atoms with E-state index in [0.717, 1.165) is 45.6 Å². The number of nitrogens with one attached hydrogen (secondary N) is 1. The molecule has 0 aromatic rings. The van der Waals surface area contributed by atoms with Crippen LogP contribution in [-0.4, -0.2) is 81.6 Å². The van der Waals surface area contributed by atoms with E-state index < -0.39 is 9.84 Å². The zero-order chi connectivity index (χ0) is 15.5. The standard InChI is InChI=1S/C15H31N3O2S/c1-13(2)15(18-8-6-17(3)7-9-18)12-16-14-4-10-21(19,20)11-5-14/h13-16H,4-12H2,1-3H3. The van der Waals surface area contributed by atoms with Crippen molar-refractivity contribution in [2.24, 2.45) is 5.92 Å². The van der Waals surface area contributed by atoms with Gasteiger partial charge in [0.05, 0.1) is 11.5 Å². The lowest BCUT2D eigenvalue weighted by Crippen LogP contribution is -2.55. The smallest absolute Gasteiger partial charge is 0.150 e. The van der Waals surface area contributed by atoms with E-state index in [2.05, 4.69) is 36.0 Å². The third kappa shape index (κ3) is 5.20. The van der Waals surface area contributed by atoms with Crippen LogP contribution < -0.4 is 5.32 Å². The van der Waals surface area contributed by atoms with Gasteiger partial charge < -0.3 is 10.2 Å². The third-order valence-corrected chi connectivity index (χ3v) is 6.66. The first-order valence-electron chi connectivity index (χ1n) is 8.24. The molecule has 2 aliphatic rings. The SMILES string of the molecule is CC(C)C(CNC1CCS(=O)(=O)CC1)N1CCN(C)CC1. The van der Waals surface area contributed by atoms with Crippen LogP contribution in [0.2, 0.25) is 0 Å². The maximum atomic E-state index is 11.5. The van der Waals surface area contributed by atoms with Crippen molar-refractivity contribution in [2.45, 2.75) is 38.8 Å². The van der Waals surface area contributed by atoms with Crippen LogP contribution in [0.1, 0.15) is 26.7 Å². The van der Waals surface area contributed by atoms with Crippen LogP contribution in [0.25, 0.3) is 0 Å². The molecule has 2 rings (SSSR count). The van der Waals surface area contributed by atoms with E-state index in [9.17, 15) is 8.42 Å². The molecule has 5 nitrogen and oxygen atoms in total. The quantitative estimate of drug-likeness (QED) is 0.797. The summed E-state index contributed by atoms with van der Waals surface area (Å²) < 4.78 is 23.0. The molecule has 0 aliphatic carbocycles. The summed E-state index contributed by atoms with van der Waals surface area (Å²) >= 11 is 0. The Hall–Kier alpha value is -0.170. The molecule has 21 heavy (non-hydrogen) atoms. The van der Waals surface area contributed by atoms with Crippen LogP contribution in [0.15, 0.2) is 0 Å². The van der Waals surface area contributed by atoms with Crippen LogP contribution in [0, 0.1) is 5.92 Å². The maximum absolute atomic E-state index is 11.5. The van der Waals surface area contributed by atoms with Crippen molar-refractivity contribution in [1.29, 1.82) is 0 Å². The van der Waals surface area contributed by atoms with Gasteiger partial charge in [0, 0.05) is 44.8 Å². The molecule has 1 N–H and O–H groups in total. The monoisotopic (exact) mass is 317 g/mol. The fourth-order valence-electron chi connectivity index (χ4n) is 3.32. The summed E-state index contributed by atoms with van der Waals surface area (Å²) in [7, 11) is -0.570. The van der Waals surface area contributed by atoms with Crippen molar-refractivity contribution in [3.8, 4) is 0 Å². The summed E-state index contributed by atoms with van der Waals surface area (Å²) in [5.41, 5.74) is 0. The molecule has 2 heterocycles. The number of rotatable bonds is 5. The molecule has 0 bridgehead atoms. The fraction of sp³-hybridized carbons (Fsp3) is 1.00. The van der Waals surface area contributed by atoms with E-state index in [0.29, 0.717) is 29.5 Å². The molecular weight excluding hydrogens is 286 g/mol. The van der Waals surface area contributed by atoms with Gasteiger partial charge >= 0.3 is 0 Å². The number of hydrogen-bond donors (Lipinski definition) is 1. The van der Waals surface area contributed by atoms with E-state index in [1.807, 2.05) is 0 Å². The Morgan fingerprint density at radius 3 is 2.19 bits per heavy atom. The summed E-state index contributed by atoms with van der Waals surface area (Å²) in [5.74, 6) is 1.32. The van der Waals surface area contributed by atoms with Gasteiger partial charge in [-0.1, -0.05) is 13.8 Å². The van der Waals surface area contributed by atoms with Crippen LogP contribution >= 0.6 is 0 Å². The van der Waals surface area contributed by atoms with Crippen molar-refractivity contribution in [3.05, 3.63) is 0 Å². The lowest BCUT2D eigenvalue weighted by Gasteiger charge is -2.40. The van der Waals surface area contributed by atoms with Crippen LogP contribution in [0.5, 0.6) is 0 Å². The highest BCUT2D eigenvalue weighted by molar-refractivity contribution is 7.91. The second-order valence-corrected chi connectivity index (χ2v) is 9.29. The zero-order valence-corrected chi connectivity index (χ0v) is 14.5. The highest BCUT2D eigenvalue weighted by atomic mass is 32.2. The predicted octanol–water partition coefficient (Wildman–Crippen LogP) is 0.425. The van der Waals surface area contributed by atoms with Crippen LogP contribution in [0.3, 0.4) is 0 Å². The minimum absolute atomic E-state index is 0.353. The van der Waals surface area contributed by atoms with E-state index in [1.54, 1.807) is 0 Å². The molecule has 1 atom stereocenters. The van der Waals surface area contributed by atoms with Gasteiger partial charge in [0.2, 0.25) is 0 Å². The Balaban J connectivity index is 1.81. The van der Waals surface area contributed by atoms with Gasteiger partial charge in [0.15, 0.2) is 0 Å². The molecule has 0 aromatic carbocycles. The first kappa shape index (κ1) is 17.2. The Labute approximate surface area is 130 Å². The van der Waals surface area contributed by atoms with E-state index in [4.69, 9.17) is 0 Å². The van der Waals surface area contributed by atoms with Crippen molar-refractivity contribution < 1.29 is 8.42 Å². The van der Waals surface area contributed by atoms with Crippen molar-refractivity contribution in [3.63, 3.8) is 0 Å². The summed E-state index contributed by atoms with van der Waals surface area (Å²) in [5, 5.41) is 3.63. The number of hydrogen-bond acceptors (Lipinski definition) is 5. The maximum Gasteiger partial charge on any atom is 0.150 e. The normalized spacial score (nSPS) is 27.0. The van der Waals surface area contributed by atoms with E-state index in [1.165, 1.54) is 0 Å². The molecule has 0 aromatic heterocycles. The predicted molar refractivity (Wildman–Crippen MR) is 87.4 cm³/mol. The summed E-state index contributed by atoms with van der Waals surface area (Å²) in [6.07, 6.45) is 1.55. The fourth-order valence-corrected chi connectivity index (χ4v) is 4.81. The first-order valence-corrected chi connectivity index (χ1v) is 10.1. The first-order chi connectivity index (χ1) is 9.87. The molecule has 0 spiro atoms. The van der Waals surface area contributed by atoms with Gasteiger partial charge in [-0.15, -0.1) is 0 Å². The molecule has 0 radical (unpaired) electrons. The van der Waals surface area contributed by atoms with E-state index in [-0.39, 0.29) is 0 Å². The number of nitrogens with zero attached hydrogens (tertiary/aromatic N) is 2. The summed E-state index contributed by atoms with van der Waals surface area (Å²) in [6, 6.07) is 0.930. The largest absolute Gasteiger partial charge is 0.312 e. The van der Waals surface area contributed by atoms with E-state index >= 15 is 0 Å². The van der Waals surface area contributed by atoms with Crippen LogP contribution in [-0.2, 0) is 9.84 Å². The molecular formula is C15H31N3O2S. The van der Waals surface area contributed by atoms with Crippen molar-refractivity contribution >= 4 is 9.84 Å². The Kier molecular flexibility index (Phi) is 6.05. The topological polar surface area (TPSA) is 52.7 Å². The van der Waals surface area contributed by atoms with Gasteiger partial charge in [-0.25, -0.2) is 8.42 Å². The molecule has 0 saturated carbocycles. The van der Waals surface area contributed by atoms with Gasteiger partial charge in [0.1, 0.15) is 9.84 Å². The van der Waals surface area contributed by atoms with Crippen molar-refractivity contribution in [2.75, 3.05) is 51.3 Å². The highest BCUT2D eigenvalue weighted by Gasteiger charge is 2.27. The minimum Gasteiger partial charge on any atom is -0.312 e. The third-order valence-electron chi connectivity index (χ3n) is 4.95. The second-order valence-electron chi connectivity index (χ2n) is 6.98. The van der Waals surface area contributed by atoms with Gasteiger partial charge in [-0.3, -0.25) is 4.90 Å². The Morgan fingerprint density at radius 2 is 1.67 bits per heavy atom. The average molecular weight is 317 g/mol. The molecule has 2 fully saturated rings. The Bertz CT molecular complexity index is 403. The lowest BCUT2D eigenvalue weighted by molar-refractivity contribution is 0.0857. The zero-order valence-electron chi connectivity index (χ0n) is 13.7. The van der Waals surface area contributed by atoms with Crippen LogP contribution in [0.4, 0.5) is 0 Å². The lowest BCUT2D eigenvalue weighted by atomic mass is 10.0. The van der Waals surface area contributed by atoms with Gasteiger partial charge in [-0.2, -0.15) is 0 Å². The molecule has 6 heteroatoms. The number of piperazine rings is 1. The molecule has 2 aliphatic heterocycles. The summed E-state index contributed by atoms with van der Waals surface area (Å²) in [4.78, 5) is 4.98. The highest BCUT2D eigenvalue weighted by Crippen LogP contribution is 2.16. The average Bonchev–Trinajstić information content (AvgIpc) is 2.42. The Morgan fingerprint density at radius 1 is 1.10 bits per heavy atom. The van der Waals surface area contributed by atoms with Crippen molar-refractivity contribution in [1.82, 2.24) is 15.1 Å². The number of likely N-dealkylation sites (N-methyl/N-ethyl adjacent to an activating group) is 1. The number of sulfone groups is 1. The van der Waals surface area contributed by atoms with Gasteiger partial charge in [0.25, 0.3) is 0 Å².